The van der Waals surface area contributed by atoms with Gasteiger partial charge in [-0.2, -0.15) is 34.1 Å². The first-order chi connectivity index (χ1) is 25.7. The Balaban J connectivity index is 0.00000139. The number of hydrogen-bond acceptors (Lipinski definition) is 0. The fourth-order valence-electron chi connectivity index (χ4n) is 8.52. The first kappa shape index (κ1) is 52.4. The fourth-order valence-corrected chi connectivity index (χ4v) is 10.6. The van der Waals surface area contributed by atoms with Crippen LogP contribution < -0.4 is 5.30 Å². The molecule has 1 aromatic rings. The van der Waals surface area contributed by atoms with Crippen molar-refractivity contribution >= 4 is 19.4 Å². The highest BCUT2D eigenvalue weighted by molar-refractivity contribution is 7.65. The summed E-state index contributed by atoms with van der Waals surface area (Å²) in [5, 5.41) is -0.605. The van der Waals surface area contributed by atoms with Crippen LogP contribution in [0, 0.1) is 29.1 Å². The molecule has 0 fully saturated rings. The standard InChI is InChI=1S/C36H76B.C10H10F5P/c1-5-9-13-17-21-25-29-33-37(34-30-26-22-18-14-10-6-2,35-31-27-23-19-15-11-7-3)36-32-28-24-20-16-12-8-4;1-3-16(4-2)10-8(14)6(12)5(11)7(13)9(10)15/h5-36H2,1-4H3;3-4H2,1-2H3/q-1;/p+1. The summed E-state index contributed by atoms with van der Waals surface area (Å²) in [6.45, 7) is 12.7. The third-order valence-electron chi connectivity index (χ3n) is 12.1. The minimum Gasteiger partial charge on any atom is -0.200 e. The van der Waals surface area contributed by atoms with Gasteiger partial charge in [-0.15, -0.1) is 0 Å². The highest BCUT2D eigenvalue weighted by atomic mass is 31.1. The van der Waals surface area contributed by atoms with Crippen molar-refractivity contribution in [2.24, 2.45) is 0 Å². The number of unbranched alkanes of at least 4 members (excludes halogenated alkanes) is 24. The summed E-state index contributed by atoms with van der Waals surface area (Å²) in [6.07, 6.45) is 48.5. The van der Waals surface area contributed by atoms with Crippen molar-refractivity contribution in [1.29, 1.82) is 0 Å². The zero-order valence-electron chi connectivity index (χ0n) is 36.0. The monoisotopic (exact) mass is 777 g/mol. The molecular weight excluding hydrogens is 689 g/mol. The van der Waals surface area contributed by atoms with E-state index in [1.165, 1.54) is 180 Å². The molecule has 0 heterocycles. The van der Waals surface area contributed by atoms with E-state index in [4.69, 9.17) is 0 Å². The molecule has 0 saturated carbocycles. The largest absolute Gasteiger partial charge is 0.206 e. The maximum absolute atomic E-state index is 13.3. The molecule has 7 heteroatoms. The second kappa shape index (κ2) is 35.8. The van der Waals surface area contributed by atoms with Crippen LogP contribution in [0.4, 0.5) is 22.0 Å². The van der Waals surface area contributed by atoms with Gasteiger partial charge in [-0.25, -0.2) is 13.2 Å². The Hall–Kier alpha value is -0.635. The lowest BCUT2D eigenvalue weighted by atomic mass is 9.17. The summed E-state index contributed by atoms with van der Waals surface area (Å²) in [7, 11) is -1.72. The van der Waals surface area contributed by atoms with E-state index >= 15 is 0 Å². The van der Waals surface area contributed by atoms with Gasteiger partial charge >= 0.3 is 0 Å². The van der Waals surface area contributed by atoms with E-state index in [9.17, 15) is 22.0 Å². The van der Waals surface area contributed by atoms with E-state index in [1.54, 1.807) is 39.1 Å². The van der Waals surface area contributed by atoms with Crippen molar-refractivity contribution in [3.63, 3.8) is 0 Å². The van der Waals surface area contributed by atoms with Gasteiger partial charge in [-0.05, 0) is 13.8 Å². The van der Waals surface area contributed by atoms with Gasteiger partial charge < -0.3 is 0 Å². The van der Waals surface area contributed by atoms with Crippen molar-refractivity contribution in [3.05, 3.63) is 29.1 Å². The molecule has 0 radical (unpaired) electrons. The van der Waals surface area contributed by atoms with E-state index in [-0.39, 0.29) is 6.15 Å². The SMILES string of the molecule is CCCCCCCCC[B-](CCCCCCCCC)(CCCCCCCCC)CCCCCCCCC.CC[PH+](CC)c1c(F)c(F)c(F)c(F)c1F. The van der Waals surface area contributed by atoms with E-state index < -0.39 is 42.3 Å². The maximum atomic E-state index is 13.3. The first-order valence-electron chi connectivity index (χ1n) is 23.3. The molecule has 53 heavy (non-hydrogen) atoms. The van der Waals surface area contributed by atoms with Crippen LogP contribution in [0.1, 0.15) is 221 Å². The Bertz CT molecular complexity index is 863. The second-order valence-corrected chi connectivity index (χ2v) is 19.7. The average molecular weight is 777 g/mol. The number of halogens is 5. The molecule has 0 atom stereocenters. The van der Waals surface area contributed by atoms with Crippen molar-refractivity contribution in [1.82, 2.24) is 0 Å². The van der Waals surface area contributed by atoms with E-state index in [1.807, 2.05) is 0 Å². The molecule has 314 valence electrons. The molecule has 0 bridgehead atoms. The smallest absolute Gasteiger partial charge is 0.200 e. The lowest BCUT2D eigenvalue weighted by molar-refractivity contribution is 0.384. The summed E-state index contributed by atoms with van der Waals surface area (Å²) >= 11 is 0. The lowest BCUT2D eigenvalue weighted by Crippen LogP contribution is -2.34. The molecule has 0 spiro atoms. The molecule has 0 amide bonds. The van der Waals surface area contributed by atoms with Gasteiger partial charge in [0.1, 0.15) is 0 Å². The zero-order valence-corrected chi connectivity index (χ0v) is 37.0. The van der Waals surface area contributed by atoms with Crippen LogP contribution in [0.5, 0.6) is 0 Å². The number of benzene rings is 1. The summed E-state index contributed by atoms with van der Waals surface area (Å²) < 4.78 is 65.2. The van der Waals surface area contributed by atoms with Gasteiger partial charge in [0, 0.05) is 14.1 Å². The molecule has 1 rings (SSSR count). The van der Waals surface area contributed by atoms with Gasteiger partial charge in [0.05, 0.1) is 12.3 Å². The zero-order chi connectivity index (χ0) is 39.6. The summed E-state index contributed by atoms with van der Waals surface area (Å²) in [4.78, 5) is 0. The molecule has 0 unspecified atom stereocenters. The molecule has 1 aromatic carbocycles. The van der Waals surface area contributed by atoms with Crippen LogP contribution in [0.3, 0.4) is 0 Å². The Labute approximate surface area is 328 Å². The Morgan fingerprint density at radius 3 is 0.736 bits per heavy atom. The van der Waals surface area contributed by atoms with Gasteiger partial charge in [-0.1, -0.05) is 207 Å². The van der Waals surface area contributed by atoms with Crippen molar-refractivity contribution in [3.8, 4) is 0 Å². The van der Waals surface area contributed by atoms with Crippen LogP contribution in [-0.2, 0) is 0 Å². The first-order valence-corrected chi connectivity index (χ1v) is 25.2. The molecule has 0 aromatic heterocycles. The highest BCUT2D eigenvalue weighted by Gasteiger charge is 2.33. The predicted molar refractivity (Wildman–Crippen MR) is 232 cm³/mol. The maximum Gasteiger partial charge on any atom is 0.206 e. The summed E-state index contributed by atoms with van der Waals surface area (Å²) in [5.74, 6) is -9.13. The third kappa shape index (κ3) is 24.6. The molecule has 0 aliphatic heterocycles. The normalized spacial score (nSPS) is 11.8. The number of hydrogen-bond donors (Lipinski definition) is 0. The van der Waals surface area contributed by atoms with Crippen LogP contribution >= 0.6 is 7.92 Å². The van der Waals surface area contributed by atoms with E-state index in [0.29, 0.717) is 12.3 Å². The van der Waals surface area contributed by atoms with Gasteiger partial charge in [0.25, 0.3) is 0 Å². The van der Waals surface area contributed by atoms with Crippen LogP contribution in [-0.4, -0.2) is 18.5 Å². The quantitative estimate of drug-likeness (QED) is 0.0161. The van der Waals surface area contributed by atoms with Gasteiger partial charge in [-0.3, -0.25) is 0 Å². The van der Waals surface area contributed by atoms with Crippen molar-refractivity contribution < 1.29 is 22.0 Å². The molecule has 0 aliphatic rings. The molecular formula is C46H87BF5P. The van der Waals surface area contributed by atoms with Crippen LogP contribution in [0.2, 0.25) is 25.3 Å². The topological polar surface area (TPSA) is 0 Å². The lowest BCUT2D eigenvalue weighted by Gasteiger charge is -2.41. The molecule has 0 N–H and O–H groups in total. The molecule has 0 aliphatic carbocycles. The van der Waals surface area contributed by atoms with Crippen LogP contribution in [0.25, 0.3) is 0 Å². The predicted octanol–water partition coefficient (Wildman–Crippen LogP) is 17.7. The van der Waals surface area contributed by atoms with Crippen molar-refractivity contribution in [2.75, 3.05) is 12.3 Å². The Kier molecular flexibility index (Phi) is 35.3. The average Bonchev–Trinajstić information content (AvgIpc) is 3.16. The minimum absolute atomic E-state index is 0.120. The minimum atomic E-state index is -2.09. The fraction of sp³-hybridized carbons (Fsp3) is 0.870. The molecule has 0 saturated heterocycles. The van der Waals surface area contributed by atoms with E-state index in [0.717, 1.165) is 0 Å². The Morgan fingerprint density at radius 2 is 0.509 bits per heavy atom. The summed E-state index contributed by atoms with van der Waals surface area (Å²) in [6, 6.07) is 0. The third-order valence-corrected chi connectivity index (χ3v) is 15.0. The highest BCUT2D eigenvalue weighted by Crippen LogP contribution is 2.37. The van der Waals surface area contributed by atoms with Crippen molar-refractivity contribution in [2.45, 2.75) is 247 Å². The Morgan fingerprint density at radius 1 is 0.302 bits per heavy atom. The number of rotatable bonds is 35. The van der Waals surface area contributed by atoms with E-state index in [2.05, 4.69) is 27.7 Å². The summed E-state index contributed by atoms with van der Waals surface area (Å²) in [5.41, 5.74) is 0. The van der Waals surface area contributed by atoms with Crippen LogP contribution in [0.15, 0.2) is 0 Å². The molecule has 0 nitrogen and oxygen atoms in total. The second-order valence-electron chi connectivity index (χ2n) is 16.6. The van der Waals surface area contributed by atoms with Gasteiger partial charge in [0.2, 0.25) is 29.1 Å². The van der Waals surface area contributed by atoms with Gasteiger partial charge in [0.15, 0.2) is 5.30 Å².